The quantitative estimate of drug-likeness (QED) is 0.115. The molecule has 0 aromatic heterocycles. The second-order valence-electron chi connectivity index (χ2n) is 9.87. The smallest absolute Gasteiger partial charge is 0.333 e. The van der Waals surface area contributed by atoms with Crippen molar-refractivity contribution >= 4 is 40.2 Å². The Labute approximate surface area is 206 Å². The lowest BCUT2D eigenvalue weighted by molar-refractivity contribution is -0.140. The average Bonchev–Trinajstić information content (AvgIpc) is 2.65. The molecule has 1 heterocycles. The second kappa shape index (κ2) is 13.8. The zero-order chi connectivity index (χ0) is 25.2. The first kappa shape index (κ1) is 30.9. The van der Waals surface area contributed by atoms with Gasteiger partial charge in [-0.1, -0.05) is 46.6 Å². The van der Waals surface area contributed by atoms with Gasteiger partial charge in [-0.3, -0.25) is 0 Å². The van der Waals surface area contributed by atoms with Crippen molar-refractivity contribution in [1.82, 2.24) is 0 Å². The van der Waals surface area contributed by atoms with Crippen molar-refractivity contribution in [3.05, 3.63) is 12.2 Å². The van der Waals surface area contributed by atoms with Gasteiger partial charge in [-0.15, -0.1) is 0 Å². The summed E-state index contributed by atoms with van der Waals surface area (Å²) >= 11 is 0. The van der Waals surface area contributed by atoms with E-state index in [1.807, 2.05) is 0 Å². The van der Waals surface area contributed by atoms with Crippen LogP contribution in [0.15, 0.2) is 12.2 Å². The van der Waals surface area contributed by atoms with Gasteiger partial charge in [-0.25, -0.2) is 4.79 Å². The summed E-state index contributed by atoms with van der Waals surface area (Å²) in [5, 5.41) is 0. The van der Waals surface area contributed by atoms with Crippen LogP contribution in [-0.4, -0.2) is 60.0 Å². The predicted molar refractivity (Wildman–Crippen MR) is 142 cm³/mol. The maximum atomic E-state index is 11.4. The molecule has 1 rings (SSSR count). The average molecular weight is 537 g/mol. The Morgan fingerprint density at radius 3 is 1.76 bits per heavy atom. The van der Waals surface area contributed by atoms with Crippen LogP contribution < -0.4 is 0 Å². The van der Waals surface area contributed by atoms with E-state index in [0.29, 0.717) is 18.8 Å². The summed E-state index contributed by atoms with van der Waals surface area (Å²) in [5.41, 5.74) is 0.397. The van der Waals surface area contributed by atoms with Crippen LogP contribution in [0.3, 0.4) is 0 Å². The van der Waals surface area contributed by atoms with Crippen molar-refractivity contribution < 1.29 is 30.7 Å². The van der Waals surface area contributed by atoms with Crippen LogP contribution in [-0.2, 0) is 30.7 Å². The number of carbonyl (C=O) groups is 1. The van der Waals surface area contributed by atoms with Crippen molar-refractivity contribution in [1.29, 1.82) is 0 Å². The van der Waals surface area contributed by atoms with E-state index in [0.717, 1.165) is 49.9 Å². The number of hydrogen-bond donors (Lipinski definition) is 0. The highest BCUT2D eigenvalue weighted by atomic mass is 28.5. The zero-order valence-electron chi connectivity index (χ0n) is 22.3. The fourth-order valence-electron chi connectivity index (χ4n) is 4.57. The lowest BCUT2D eigenvalue weighted by Crippen LogP contribution is -2.67. The van der Waals surface area contributed by atoms with E-state index in [-0.39, 0.29) is 12.6 Å². The van der Waals surface area contributed by atoms with E-state index in [1.54, 1.807) is 6.92 Å². The summed E-state index contributed by atoms with van der Waals surface area (Å²) in [7, 11) is -9.76. The fraction of sp³-hybridized carbons (Fsp3) is 0.864. The van der Waals surface area contributed by atoms with E-state index < -0.39 is 34.2 Å². The Hall–Kier alpha value is -0.122. The van der Waals surface area contributed by atoms with Gasteiger partial charge in [-0.05, 0) is 63.7 Å². The van der Waals surface area contributed by atoms with Gasteiger partial charge >= 0.3 is 40.2 Å². The van der Waals surface area contributed by atoms with Crippen molar-refractivity contribution in [3.63, 3.8) is 0 Å². The second-order valence-corrected chi connectivity index (χ2v) is 24.3. The van der Waals surface area contributed by atoms with E-state index in [2.05, 4.69) is 53.5 Å². The van der Waals surface area contributed by atoms with Crippen molar-refractivity contribution in [2.24, 2.45) is 0 Å². The molecule has 2 atom stereocenters. The maximum absolute atomic E-state index is 11.4. The minimum atomic E-state index is -2.53. The number of rotatable bonds is 14. The predicted octanol–water partition coefficient (Wildman–Crippen LogP) is 6.11. The van der Waals surface area contributed by atoms with Gasteiger partial charge in [0, 0.05) is 12.2 Å². The van der Waals surface area contributed by atoms with Gasteiger partial charge in [-0.2, -0.15) is 0 Å². The Kier molecular flexibility index (Phi) is 13.0. The number of esters is 1. The third-order valence-corrected chi connectivity index (χ3v) is 24.4. The molecule has 0 radical (unpaired) electrons. The summed E-state index contributed by atoms with van der Waals surface area (Å²) < 4.78 is 38.5. The Morgan fingerprint density at radius 1 is 0.758 bits per heavy atom. The van der Waals surface area contributed by atoms with Gasteiger partial charge in [0.2, 0.25) is 0 Å². The molecule has 194 valence electrons. The molecule has 11 heteroatoms. The molecular formula is C22H48O7Si4. The van der Waals surface area contributed by atoms with Crippen LogP contribution in [0.1, 0.15) is 53.4 Å². The SMILES string of the molecule is C=C(C)C(=O)OCCOCCC[Si]1(C)O[Si](C)(C)O[Si](C)(CCC)O[Si](CCC)(CCC)O1. The lowest BCUT2D eigenvalue weighted by atomic mass is 10.4. The number of ether oxygens (including phenoxy) is 2. The van der Waals surface area contributed by atoms with Crippen LogP contribution in [0.2, 0.25) is 50.4 Å². The van der Waals surface area contributed by atoms with Gasteiger partial charge < -0.3 is 25.9 Å². The summed E-state index contributed by atoms with van der Waals surface area (Å²) in [6, 6.07) is 3.76. The van der Waals surface area contributed by atoms with E-state index in [4.69, 9.17) is 25.9 Å². The van der Waals surface area contributed by atoms with Crippen LogP contribution in [0.25, 0.3) is 0 Å². The minimum absolute atomic E-state index is 0.235. The number of carbonyl (C=O) groups excluding carboxylic acids is 1. The fourth-order valence-corrected chi connectivity index (χ4v) is 28.1. The highest BCUT2D eigenvalue weighted by molar-refractivity contribution is 6.93. The molecule has 1 aliphatic heterocycles. The monoisotopic (exact) mass is 536 g/mol. The number of hydrogen-bond acceptors (Lipinski definition) is 7. The Bertz CT molecular complexity index is 628. The normalized spacial score (nSPS) is 26.9. The molecule has 7 nitrogen and oxygen atoms in total. The van der Waals surface area contributed by atoms with Gasteiger partial charge in [0.1, 0.15) is 6.61 Å². The van der Waals surface area contributed by atoms with Crippen molar-refractivity contribution in [2.75, 3.05) is 19.8 Å². The molecule has 0 saturated carbocycles. The Balaban J connectivity index is 2.86. The summed E-state index contributed by atoms with van der Waals surface area (Å²) in [4.78, 5) is 11.4. The van der Waals surface area contributed by atoms with Crippen LogP contribution in [0.4, 0.5) is 0 Å². The first-order valence-corrected chi connectivity index (χ1v) is 22.6. The molecule has 33 heavy (non-hydrogen) atoms. The van der Waals surface area contributed by atoms with Crippen molar-refractivity contribution in [2.45, 2.75) is 104 Å². The van der Waals surface area contributed by atoms with Gasteiger partial charge in [0.25, 0.3) is 0 Å². The first-order chi connectivity index (χ1) is 15.3. The summed E-state index contributed by atoms with van der Waals surface area (Å²) in [5.74, 6) is -0.381. The third kappa shape index (κ3) is 11.0. The Morgan fingerprint density at radius 2 is 1.27 bits per heavy atom. The van der Waals surface area contributed by atoms with Crippen molar-refractivity contribution in [3.8, 4) is 0 Å². The van der Waals surface area contributed by atoms with Crippen LogP contribution >= 0.6 is 0 Å². The van der Waals surface area contributed by atoms with E-state index in [1.165, 1.54) is 0 Å². The zero-order valence-corrected chi connectivity index (χ0v) is 26.3. The standard InChI is InChI=1S/C22H48O7Si4/c1-10-17-31(8)26-30(6,7)27-32(9,29-33(28-31,18-11-2)19-12-3)20-13-14-24-15-16-25-22(23)21(4)5/h4,10-20H2,1-3,5-9H3. The maximum Gasteiger partial charge on any atom is 0.333 e. The minimum Gasteiger partial charge on any atom is -0.460 e. The van der Waals surface area contributed by atoms with Gasteiger partial charge in [0.05, 0.1) is 6.61 Å². The van der Waals surface area contributed by atoms with Gasteiger partial charge in [0.15, 0.2) is 0 Å². The molecule has 0 N–H and O–H groups in total. The van der Waals surface area contributed by atoms with E-state index in [9.17, 15) is 4.79 Å². The molecule has 1 fully saturated rings. The molecule has 0 aliphatic carbocycles. The molecule has 0 aromatic rings. The van der Waals surface area contributed by atoms with Crippen LogP contribution in [0.5, 0.6) is 0 Å². The first-order valence-electron chi connectivity index (χ1n) is 12.5. The molecule has 1 aliphatic rings. The molecular weight excluding hydrogens is 489 g/mol. The molecule has 0 amide bonds. The third-order valence-electron chi connectivity index (χ3n) is 5.42. The topological polar surface area (TPSA) is 72.5 Å². The molecule has 2 unspecified atom stereocenters. The molecule has 0 aromatic carbocycles. The highest BCUT2D eigenvalue weighted by Crippen LogP contribution is 2.39. The summed E-state index contributed by atoms with van der Waals surface area (Å²) in [6.45, 7) is 21.7. The van der Waals surface area contributed by atoms with Crippen LogP contribution in [0, 0.1) is 0 Å². The lowest BCUT2D eigenvalue weighted by Gasteiger charge is -2.50. The highest BCUT2D eigenvalue weighted by Gasteiger charge is 2.56. The molecule has 0 bridgehead atoms. The molecule has 0 spiro atoms. The van der Waals surface area contributed by atoms with E-state index >= 15 is 0 Å². The largest absolute Gasteiger partial charge is 0.460 e. The molecule has 1 saturated heterocycles. The summed E-state index contributed by atoms with van der Waals surface area (Å²) in [6.07, 6.45) is 3.96.